The van der Waals surface area contributed by atoms with Crippen LogP contribution in [0.1, 0.15) is 0 Å². The molecule has 4 rings (SSSR count). The molecule has 1 amide bonds. The summed E-state index contributed by atoms with van der Waals surface area (Å²) in [5, 5.41) is 2.03. The molecule has 1 N–H and O–H groups in total. The van der Waals surface area contributed by atoms with Crippen LogP contribution in [0.5, 0.6) is 5.75 Å². The average Bonchev–Trinajstić information content (AvgIpc) is 3.27. The van der Waals surface area contributed by atoms with Crippen LogP contribution in [0.4, 0.5) is 10.8 Å². The summed E-state index contributed by atoms with van der Waals surface area (Å²) in [4.78, 5) is 17.7. The van der Waals surface area contributed by atoms with Crippen LogP contribution in [-0.2, 0) is 14.8 Å². The Morgan fingerprint density at radius 1 is 1.30 bits per heavy atom. The van der Waals surface area contributed by atoms with Gasteiger partial charge in [0, 0.05) is 18.0 Å². The minimum absolute atomic E-state index is 0.0182. The molecule has 0 atom stereocenters. The SMILES string of the molecule is CN1C(=O)COc2ccc(-c3csc(NS(=O)(=O)c4ccc(Br)s4)n3)cc21. The number of halogens is 1. The van der Waals surface area contributed by atoms with E-state index in [1.807, 2.05) is 6.07 Å². The van der Waals surface area contributed by atoms with Crippen LogP contribution in [0.2, 0.25) is 0 Å². The van der Waals surface area contributed by atoms with Gasteiger partial charge in [0.15, 0.2) is 11.7 Å². The number of hydrogen-bond acceptors (Lipinski definition) is 7. The number of carbonyl (C=O) groups is 1. The largest absolute Gasteiger partial charge is 0.482 e. The van der Waals surface area contributed by atoms with Crippen molar-refractivity contribution in [3.8, 4) is 17.0 Å². The molecule has 0 spiro atoms. The molecule has 1 aromatic carbocycles. The summed E-state index contributed by atoms with van der Waals surface area (Å²) in [6.07, 6.45) is 0. The Labute approximate surface area is 171 Å². The van der Waals surface area contributed by atoms with Gasteiger partial charge in [-0.15, -0.1) is 22.7 Å². The summed E-state index contributed by atoms with van der Waals surface area (Å²) in [6, 6.07) is 8.61. The van der Waals surface area contributed by atoms with Gasteiger partial charge in [0.1, 0.15) is 9.96 Å². The third-order valence-corrected chi connectivity index (χ3v) is 8.22. The molecule has 0 saturated carbocycles. The highest BCUT2D eigenvalue weighted by molar-refractivity contribution is 9.11. The predicted octanol–water partition coefficient (Wildman–Crippen LogP) is 3.79. The first kappa shape index (κ1) is 18.4. The number of rotatable bonds is 4. The van der Waals surface area contributed by atoms with Gasteiger partial charge in [-0.3, -0.25) is 9.52 Å². The highest BCUT2D eigenvalue weighted by Gasteiger charge is 2.23. The second-order valence-corrected chi connectivity index (χ2v) is 10.9. The fourth-order valence-electron chi connectivity index (χ4n) is 2.49. The van der Waals surface area contributed by atoms with Gasteiger partial charge in [0.05, 0.1) is 15.2 Å². The van der Waals surface area contributed by atoms with Crippen molar-refractivity contribution in [2.45, 2.75) is 4.21 Å². The Bertz CT molecular complexity index is 1140. The van der Waals surface area contributed by atoms with Crippen LogP contribution in [0.25, 0.3) is 11.3 Å². The van der Waals surface area contributed by atoms with E-state index in [0.29, 0.717) is 17.1 Å². The lowest BCUT2D eigenvalue weighted by atomic mass is 10.1. The lowest BCUT2D eigenvalue weighted by Gasteiger charge is -2.26. The minimum atomic E-state index is -3.68. The second-order valence-electron chi connectivity index (χ2n) is 5.63. The summed E-state index contributed by atoms with van der Waals surface area (Å²) in [7, 11) is -1.99. The van der Waals surface area contributed by atoms with Gasteiger partial charge in [-0.05, 0) is 46.3 Å². The Kier molecular flexibility index (Phi) is 4.70. The zero-order chi connectivity index (χ0) is 19.2. The Balaban J connectivity index is 1.61. The number of thiophene rings is 1. The number of thiazole rings is 1. The molecule has 0 unspecified atom stereocenters. The van der Waals surface area contributed by atoms with E-state index in [1.54, 1.807) is 30.6 Å². The lowest BCUT2D eigenvalue weighted by molar-refractivity contribution is -0.120. The second kappa shape index (κ2) is 6.89. The van der Waals surface area contributed by atoms with Crippen molar-refractivity contribution in [2.75, 3.05) is 23.3 Å². The van der Waals surface area contributed by atoms with Crippen molar-refractivity contribution in [2.24, 2.45) is 0 Å². The van der Waals surface area contributed by atoms with Crippen molar-refractivity contribution >= 4 is 65.4 Å². The van der Waals surface area contributed by atoms with Gasteiger partial charge in [0.25, 0.3) is 15.9 Å². The fourth-order valence-corrected chi connectivity index (χ4v) is 6.47. The van der Waals surface area contributed by atoms with Crippen molar-refractivity contribution in [1.82, 2.24) is 4.98 Å². The lowest BCUT2D eigenvalue weighted by Crippen LogP contribution is -2.35. The minimum Gasteiger partial charge on any atom is -0.482 e. The molecule has 2 aromatic heterocycles. The molecule has 0 bridgehead atoms. The third kappa shape index (κ3) is 3.59. The van der Waals surface area contributed by atoms with E-state index < -0.39 is 10.0 Å². The van der Waals surface area contributed by atoms with Crippen LogP contribution in [0.15, 0.2) is 43.7 Å². The smallest absolute Gasteiger partial charge is 0.273 e. The molecule has 0 aliphatic carbocycles. The first-order valence-corrected chi connectivity index (χ1v) is 11.6. The summed E-state index contributed by atoms with van der Waals surface area (Å²) in [5.41, 5.74) is 2.03. The molecule has 3 aromatic rings. The quantitative estimate of drug-likeness (QED) is 0.607. The number of nitrogens with zero attached hydrogens (tertiary/aromatic N) is 2. The number of fused-ring (bicyclic) bond motifs is 1. The number of aromatic nitrogens is 1. The van der Waals surface area contributed by atoms with Crippen LogP contribution >= 0.6 is 38.6 Å². The number of sulfonamides is 1. The van der Waals surface area contributed by atoms with Gasteiger partial charge in [0.2, 0.25) is 0 Å². The first-order chi connectivity index (χ1) is 12.8. The van der Waals surface area contributed by atoms with E-state index in [1.165, 1.54) is 22.3 Å². The van der Waals surface area contributed by atoms with Crippen molar-refractivity contribution in [3.63, 3.8) is 0 Å². The van der Waals surface area contributed by atoms with Crippen molar-refractivity contribution in [3.05, 3.63) is 39.5 Å². The highest BCUT2D eigenvalue weighted by Crippen LogP contribution is 2.36. The fraction of sp³-hybridized carbons (Fsp3) is 0.125. The van der Waals surface area contributed by atoms with Gasteiger partial charge >= 0.3 is 0 Å². The van der Waals surface area contributed by atoms with Gasteiger partial charge in [-0.1, -0.05) is 0 Å². The number of likely N-dealkylation sites (N-methyl/N-ethyl adjacent to an activating group) is 1. The van der Waals surface area contributed by atoms with Crippen molar-refractivity contribution in [1.29, 1.82) is 0 Å². The van der Waals surface area contributed by atoms with Crippen LogP contribution in [0, 0.1) is 0 Å². The van der Waals surface area contributed by atoms with Gasteiger partial charge in [-0.25, -0.2) is 13.4 Å². The van der Waals surface area contributed by atoms with Crippen molar-refractivity contribution < 1.29 is 17.9 Å². The normalized spacial score (nSPS) is 14.0. The average molecular weight is 486 g/mol. The number of benzene rings is 1. The molecule has 0 fully saturated rings. The standard InChI is InChI=1S/C16H12BrN3O4S3/c1-20-11-6-9(2-3-12(11)24-7-14(20)21)10-8-25-16(18-10)19-27(22,23)15-5-4-13(17)26-15/h2-6,8H,7H2,1H3,(H,18,19). The maximum absolute atomic E-state index is 12.4. The van der Waals surface area contributed by atoms with E-state index in [0.717, 1.165) is 20.7 Å². The number of ether oxygens (including phenoxy) is 1. The number of nitrogens with one attached hydrogen (secondary N) is 1. The molecule has 27 heavy (non-hydrogen) atoms. The molecule has 140 valence electrons. The molecule has 11 heteroatoms. The molecule has 0 saturated heterocycles. The van der Waals surface area contributed by atoms with E-state index in [2.05, 4.69) is 25.6 Å². The van der Waals surface area contributed by atoms with Crippen LogP contribution < -0.4 is 14.4 Å². The van der Waals surface area contributed by atoms with Gasteiger partial charge in [-0.2, -0.15) is 0 Å². The third-order valence-electron chi connectivity index (χ3n) is 3.88. The Morgan fingerprint density at radius 3 is 2.85 bits per heavy atom. The van der Waals surface area contributed by atoms with E-state index in [-0.39, 0.29) is 21.9 Å². The van der Waals surface area contributed by atoms with Gasteiger partial charge < -0.3 is 9.64 Å². The first-order valence-electron chi connectivity index (χ1n) is 7.61. The molecule has 7 nitrogen and oxygen atoms in total. The molecule has 1 aliphatic heterocycles. The molecule has 0 radical (unpaired) electrons. The summed E-state index contributed by atoms with van der Waals surface area (Å²) in [5.74, 6) is 0.494. The number of anilines is 2. The predicted molar refractivity (Wildman–Crippen MR) is 109 cm³/mol. The summed E-state index contributed by atoms with van der Waals surface area (Å²) in [6.45, 7) is 0.0182. The molecular weight excluding hydrogens is 474 g/mol. The summed E-state index contributed by atoms with van der Waals surface area (Å²) >= 11 is 5.57. The zero-order valence-electron chi connectivity index (χ0n) is 13.8. The maximum Gasteiger partial charge on any atom is 0.273 e. The molecule has 3 heterocycles. The topological polar surface area (TPSA) is 88.6 Å². The molecule has 1 aliphatic rings. The summed E-state index contributed by atoms with van der Waals surface area (Å²) < 4.78 is 33.7. The zero-order valence-corrected chi connectivity index (χ0v) is 17.8. The Morgan fingerprint density at radius 2 is 2.11 bits per heavy atom. The van der Waals surface area contributed by atoms with E-state index in [4.69, 9.17) is 4.74 Å². The van der Waals surface area contributed by atoms with E-state index >= 15 is 0 Å². The van der Waals surface area contributed by atoms with Crippen LogP contribution in [-0.4, -0.2) is 33.0 Å². The maximum atomic E-state index is 12.4. The highest BCUT2D eigenvalue weighted by atomic mass is 79.9. The monoisotopic (exact) mass is 485 g/mol. The van der Waals surface area contributed by atoms with E-state index in [9.17, 15) is 13.2 Å². The number of hydrogen-bond donors (Lipinski definition) is 1. The molecular formula is C16H12BrN3O4S3. The number of amides is 1. The van der Waals surface area contributed by atoms with Crippen LogP contribution in [0.3, 0.4) is 0 Å². The number of carbonyl (C=O) groups excluding carboxylic acids is 1. The Hall–Kier alpha value is -1.95.